The van der Waals surface area contributed by atoms with E-state index in [4.69, 9.17) is 4.74 Å². The second kappa shape index (κ2) is 6.08. The molecule has 4 heteroatoms. The molecule has 0 saturated carbocycles. The van der Waals surface area contributed by atoms with Crippen molar-refractivity contribution in [3.63, 3.8) is 0 Å². The van der Waals surface area contributed by atoms with Gasteiger partial charge in [-0.15, -0.1) is 0 Å². The van der Waals surface area contributed by atoms with Gasteiger partial charge >= 0.3 is 0 Å². The Morgan fingerprint density at radius 2 is 2.53 bits per heavy atom. The topological polar surface area (TPSA) is 34.1 Å². The summed E-state index contributed by atoms with van der Waals surface area (Å²) >= 11 is 1.56. The lowest BCUT2D eigenvalue weighted by atomic mass is 10.0. The van der Waals surface area contributed by atoms with Gasteiger partial charge in [-0.2, -0.15) is 0 Å². The zero-order valence-electron chi connectivity index (χ0n) is 8.95. The molecule has 2 heterocycles. The highest BCUT2D eigenvalue weighted by Crippen LogP contribution is 2.15. The maximum Gasteiger partial charge on any atom is 0.273 e. The van der Waals surface area contributed by atoms with Crippen molar-refractivity contribution in [3.8, 4) is 5.19 Å². The SMILES string of the molecule is c1csc(OCCCC2CCCCN2)n1. The van der Waals surface area contributed by atoms with Crippen LogP contribution >= 0.6 is 11.3 Å². The molecule has 2 rings (SSSR count). The molecule has 0 amide bonds. The molecule has 1 atom stereocenters. The van der Waals surface area contributed by atoms with Crippen LogP contribution < -0.4 is 10.1 Å². The molecule has 1 N–H and O–H groups in total. The molecule has 1 saturated heterocycles. The minimum absolute atomic E-state index is 0.721. The van der Waals surface area contributed by atoms with Crippen molar-refractivity contribution in [2.75, 3.05) is 13.2 Å². The summed E-state index contributed by atoms with van der Waals surface area (Å²) in [4.78, 5) is 4.08. The third-order valence-corrected chi connectivity index (χ3v) is 3.43. The largest absolute Gasteiger partial charge is 0.470 e. The van der Waals surface area contributed by atoms with Gasteiger partial charge in [-0.25, -0.2) is 4.98 Å². The molecular weight excluding hydrogens is 208 g/mol. The van der Waals surface area contributed by atoms with Gasteiger partial charge in [0.1, 0.15) is 0 Å². The lowest BCUT2D eigenvalue weighted by Gasteiger charge is -2.23. The van der Waals surface area contributed by atoms with E-state index < -0.39 is 0 Å². The first-order valence-corrected chi connectivity index (χ1v) is 6.59. The van der Waals surface area contributed by atoms with Crippen molar-refractivity contribution in [2.24, 2.45) is 0 Å². The fraction of sp³-hybridized carbons (Fsp3) is 0.727. The van der Waals surface area contributed by atoms with Gasteiger partial charge in [0, 0.05) is 17.6 Å². The third-order valence-electron chi connectivity index (χ3n) is 2.74. The molecule has 0 bridgehead atoms. The Hall–Kier alpha value is -0.610. The van der Waals surface area contributed by atoms with Gasteiger partial charge in [0.2, 0.25) is 0 Å². The zero-order chi connectivity index (χ0) is 10.3. The number of hydrogen-bond acceptors (Lipinski definition) is 4. The van der Waals surface area contributed by atoms with E-state index in [-0.39, 0.29) is 0 Å². The minimum atomic E-state index is 0.721. The summed E-state index contributed by atoms with van der Waals surface area (Å²) in [6.45, 7) is 1.99. The minimum Gasteiger partial charge on any atom is -0.470 e. The molecule has 1 aliphatic rings. The number of nitrogens with one attached hydrogen (secondary N) is 1. The average Bonchev–Trinajstić information content (AvgIpc) is 2.79. The Balaban J connectivity index is 1.54. The van der Waals surface area contributed by atoms with E-state index in [1.165, 1.54) is 32.2 Å². The van der Waals surface area contributed by atoms with Crippen LogP contribution in [0.2, 0.25) is 0 Å². The molecule has 1 aromatic heterocycles. The van der Waals surface area contributed by atoms with Crippen molar-refractivity contribution in [2.45, 2.75) is 38.1 Å². The van der Waals surface area contributed by atoms with Crippen molar-refractivity contribution in [1.29, 1.82) is 0 Å². The van der Waals surface area contributed by atoms with Crippen molar-refractivity contribution in [1.82, 2.24) is 10.3 Å². The highest BCUT2D eigenvalue weighted by molar-refractivity contribution is 7.11. The smallest absolute Gasteiger partial charge is 0.273 e. The Labute approximate surface area is 94.9 Å². The maximum atomic E-state index is 5.52. The van der Waals surface area contributed by atoms with E-state index >= 15 is 0 Å². The van der Waals surface area contributed by atoms with Gasteiger partial charge in [0.15, 0.2) is 0 Å². The summed E-state index contributed by atoms with van der Waals surface area (Å²) < 4.78 is 5.52. The molecule has 0 spiro atoms. The predicted molar refractivity (Wildman–Crippen MR) is 62.5 cm³/mol. The number of aromatic nitrogens is 1. The van der Waals surface area contributed by atoms with Gasteiger partial charge in [-0.05, 0) is 32.2 Å². The van der Waals surface area contributed by atoms with Crippen LogP contribution in [0.3, 0.4) is 0 Å². The van der Waals surface area contributed by atoms with Crippen molar-refractivity contribution in [3.05, 3.63) is 11.6 Å². The van der Waals surface area contributed by atoms with E-state index in [1.54, 1.807) is 17.5 Å². The Kier molecular flexibility index (Phi) is 4.41. The molecule has 84 valence electrons. The molecule has 3 nitrogen and oxygen atoms in total. The highest BCUT2D eigenvalue weighted by atomic mass is 32.1. The standard InChI is InChI=1S/C11H18N2OS/c1-2-6-12-10(4-1)5-3-8-14-11-13-7-9-15-11/h7,9-10,12H,1-6,8H2. The van der Waals surface area contributed by atoms with Crippen LogP contribution in [0.15, 0.2) is 11.6 Å². The molecular formula is C11H18N2OS. The van der Waals surface area contributed by atoms with Crippen LogP contribution in [0, 0.1) is 0 Å². The van der Waals surface area contributed by atoms with Crippen LogP contribution in [-0.2, 0) is 0 Å². The van der Waals surface area contributed by atoms with Crippen molar-refractivity contribution >= 4 is 11.3 Å². The number of rotatable bonds is 5. The van der Waals surface area contributed by atoms with E-state index in [2.05, 4.69) is 10.3 Å². The Morgan fingerprint density at radius 1 is 1.53 bits per heavy atom. The molecule has 0 aromatic carbocycles. The second-order valence-electron chi connectivity index (χ2n) is 3.94. The monoisotopic (exact) mass is 226 g/mol. The summed E-state index contributed by atoms with van der Waals surface area (Å²) in [5.74, 6) is 0. The predicted octanol–water partition coefficient (Wildman–Crippen LogP) is 2.44. The molecule has 1 unspecified atom stereocenters. The van der Waals surface area contributed by atoms with E-state index in [0.29, 0.717) is 0 Å². The average molecular weight is 226 g/mol. The molecule has 0 aliphatic carbocycles. The maximum absolute atomic E-state index is 5.52. The van der Waals surface area contributed by atoms with E-state index in [0.717, 1.165) is 24.3 Å². The first-order valence-electron chi connectivity index (χ1n) is 5.71. The van der Waals surface area contributed by atoms with Crippen LogP contribution in [0.4, 0.5) is 0 Å². The molecule has 1 fully saturated rings. The third kappa shape index (κ3) is 3.80. The lowest BCUT2D eigenvalue weighted by Crippen LogP contribution is -2.34. The van der Waals surface area contributed by atoms with Crippen molar-refractivity contribution < 1.29 is 4.74 Å². The molecule has 1 aromatic rings. The second-order valence-corrected chi connectivity index (χ2v) is 4.79. The van der Waals surface area contributed by atoms with Crippen LogP contribution in [0.1, 0.15) is 32.1 Å². The molecule has 15 heavy (non-hydrogen) atoms. The fourth-order valence-electron chi connectivity index (χ4n) is 1.94. The van der Waals surface area contributed by atoms with Crippen LogP contribution in [0.25, 0.3) is 0 Å². The molecule has 1 aliphatic heterocycles. The summed E-state index contributed by atoms with van der Waals surface area (Å²) in [5, 5.41) is 6.28. The van der Waals surface area contributed by atoms with E-state index in [1.807, 2.05) is 5.38 Å². The zero-order valence-corrected chi connectivity index (χ0v) is 9.76. The highest BCUT2D eigenvalue weighted by Gasteiger charge is 2.11. The molecule has 0 radical (unpaired) electrons. The van der Waals surface area contributed by atoms with Gasteiger partial charge < -0.3 is 10.1 Å². The van der Waals surface area contributed by atoms with Gasteiger partial charge in [-0.3, -0.25) is 0 Å². The van der Waals surface area contributed by atoms with Crippen LogP contribution in [-0.4, -0.2) is 24.2 Å². The summed E-state index contributed by atoms with van der Waals surface area (Å²) in [6.07, 6.45) is 8.18. The first kappa shape index (κ1) is 10.9. The Bertz CT molecular complexity index is 258. The number of hydrogen-bond donors (Lipinski definition) is 1. The van der Waals surface area contributed by atoms with E-state index in [9.17, 15) is 0 Å². The van der Waals surface area contributed by atoms with Gasteiger partial charge in [0.05, 0.1) is 6.61 Å². The quantitative estimate of drug-likeness (QED) is 0.783. The van der Waals surface area contributed by atoms with Crippen LogP contribution in [0.5, 0.6) is 5.19 Å². The number of nitrogens with zero attached hydrogens (tertiary/aromatic N) is 1. The normalized spacial score (nSPS) is 21.5. The Morgan fingerprint density at radius 3 is 3.27 bits per heavy atom. The summed E-state index contributed by atoms with van der Waals surface area (Å²) in [5.41, 5.74) is 0. The van der Waals surface area contributed by atoms with Gasteiger partial charge in [-0.1, -0.05) is 17.8 Å². The lowest BCUT2D eigenvalue weighted by molar-refractivity contribution is 0.284. The van der Waals surface area contributed by atoms with Gasteiger partial charge in [0.25, 0.3) is 5.19 Å². The number of piperidine rings is 1. The number of ether oxygens (including phenoxy) is 1. The number of thiazole rings is 1. The summed E-state index contributed by atoms with van der Waals surface area (Å²) in [7, 11) is 0. The fourth-order valence-corrected chi connectivity index (χ4v) is 2.45. The summed E-state index contributed by atoms with van der Waals surface area (Å²) in [6, 6.07) is 0.721. The first-order chi connectivity index (χ1) is 7.45.